The molecule has 132 valence electrons. The van der Waals surface area contributed by atoms with Gasteiger partial charge in [-0.25, -0.2) is 4.79 Å². The van der Waals surface area contributed by atoms with Gasteiger partial charge in [-0.3, -0.25) is 9.48 Å². The standard InChI is InChI=1S/C20H20N4O2/c1-13-7-8-17(12-18(13)19-9-10-21-24(19)3)23-20(26)22-16-6-4-5-15(11-16)14(2)25/h4-12H,1-3H3,(H2,22,23,26). The van der Waals surface area contributed by atoms with Gasteiger partial charge >= 0.3 is 6.03 Å². The molecule has 26 heavy (non-hydrogen) atoms. The molecule has 3 aromatic rings. The maximum absolute atomic E-state index is 12.3. The Kier molecular flexibility index (Phi) is 4.84. The molecule has 0 aliphatic rings. The number of amides is 2. The van der Waals surface area contributed by atoms with Gasteiger partial charge in [0.05, 0.1) is 5.69 Å². The van der Waals surface area contributed by atoms with Crippen LogP contribution in [0.2, 0.25) is 0 Å². The zero-order valence-corrected chi connectivity index (χ0v) is 14.9. The van der Waals surface area contributed by atoms with Crippen LogP contribution in [0.4, 0.5) is 16.2 Å². The molecule has 0 spiro atoms. The number of ketones is 1. The van der Waals surface area contributed by atoms with Crippen LogP contribution in [0.25, 0.3) is 11.3 Å². The van der Waals surface area contributed by atoms with Crippen molar-refractivity contribution < 1.29 is 9.59 Å². The lowest BCUT2D eigenvalue weighted by molar-refractivity contribution is 0.101. The quantitative estimate of drug-likeness (QED) is 0.692. The van der Waals surface area contributed by atoms with Crippen molar-refractivity contribution >= 4 is 23.2 Å². The number of anilines is 2. The summed E-state index contributed by atoms with van der Waals surface area (Å²) in [6.07, 6.45) is 1.74. The van der Waals surface area contributed by atoms with E-state index < -0.39 is 0 Å². The molecule has 1 heterocycles. The summed E-state index contributed by atoms with van der Waals surface area (Å²) in [7, 11) is 1.88. The Bertz CT molecular complexity index is 975. The number of aryl methyl sites for hydroxylation is 2. The molecule has 6 nitrogen and oxygen atoms in total. The summed E-state index contributed by atoms with van der Waals surface area (Å²) < 4.78 is 1.79. The second kappa shape index (κ2) is 7.23. The summed E-state index contributed by atoms with van der Waals surface area (Å²) in [5, 5.41) is 9.76. The van der Waals surface area contributed by atoms with E-state index in [2.05, 4.69) is 15.7 Å². The molecule has 2 aromatic carbocycles. The maximum atomic E-state index is 12.3. The largest absolute Gasteiger partial charge is 0.323 e. The van der Waals surface area contributed by atoms with Crippen molar-refractivity contribution in [2.24, 2.45) is 7.05 Å². The Hall–Kier alpha value is -3.41. The van der Waals surface area contributed by atoms with Gasteiger partial charge < -0.3 is 10.6 Å². The van der Waals surface area contributed by atoms with Crippen molar-refractivity contribution in [1.82, 2.24) is 9.78 Å². The molecule has 0 aliphatic carbocycles. The summed E-state index contributed by atoms with van der Waals surface area (Å²) in [5.74, 6) is -0.0478. The van der Waals surface area contributed by atoms with Gasteiger partial charge in [0.2, 0.25) is 0 Å². The number of rotatable bonds is 4. The highest BCUT2D eigenvalue weighted by atomic mass is 16.2. The molecule has 0 aliphatic heterocycles. The Morgan fingerprint density at radius 2 is 1.73 bits per heavy atom. The number of Topliss-reactive ketones (excluding diaryl/α,β-unsaturated/α-hetero) is 1. The van der Waals surface area contributed by atoms with E-state index in [1.807, 2.05) is 38.2 Å². The lowest BCUT2D eigenvalue weighted by Gasteiger charge is -2.12. The van der Waals surface area contributed by atoms with Crippen LogP contribution in [0, 0.1) is 6.92 Å². The van der Waals surface area contributed by atoms with Crippen LogP contribution in [0.1, 0.15) is 22.8 Å². The number of nitrogens with one attached hydrogen (secondary N) is 2. The van der Waals surface area contributed by atoms with Crippen molar-refractivity contribution in [2.75, 3.05) is 10.6 Å². The average Bonchev–Trinajstić information content (AvgIpc) is 3.02. The average molecular weight is 348 g/mol. The normalized spacial score (nSPS) is 10.4. The predicted molar refractivity (Wildman–Crippen MR) is 102 cm³/mol. The number of benzene rings is 2. The van der Waals surface area contributed by atoms with E-state index in [4.69, 9.17) is 0 Å². The number of hydrogen-bond donors (Lipinski definition) is 2. The van der Waals surface area contributed by atoms with Gasteiger partial charge in [0.15, 0.2) is 5.78 Å². The Balaban J connectivity index is 1.77. The van der Waals surface area contributed by atoms with Gasteiger partial charge in [-0.15, -0.1) is 0 Å². The number of carbonyl (C=O) groups is 2. The fraction of sp³-hybridized carbons (Fsp3) is 0.150. The number of urea groups is 1. The predicted octanol–water partition coefficient (Wildman–Crippen LogP) is 4.24. The maximum Gasteiger partial charge on any atom is 0.323 e. The first-order chi connectivity index (χ1) is 12.4. The zero-order valence-electron chi connectivity index (χ0n) is 14.9. The van der Waals surface area contributed by atoms with Crippen LogP contribution in [0.3, 0.4) is 0 Å². The zero-order chi connectivity index (χ0) is 18.7. The smallest absolute Gasteiger partial charge is 0.308 e. The second-order valence-corrected chi connectivity index (χ2v) is 6.09. The number of carbonyl (C=O) groups excluding carboxylic acids is 2. The molecule has 2 N–H and O–H groups in total. The molecule has 1 aromatic heterocycles. The first-order valence-electron chi connectivity index (χ1n) is 8.22. The third kappa shape index (κ3) is 3.80. The molecular weight excluding hydrogens is 328 g/mol. The van der Waals surface area contributed by atoms with Gasteiger partial charge in [0.25, 0.3) is 0 Å². The van der Waals surface area contributed by atoms with Crippen molar-refractivity contribution in [3.8, 4) is 11.3 Å². The van der Waals surface area contributed by atoms with Crippen LogP contribution >= 0.6 is 0 Å². The molecule has 6 heteroatoms. The van der Waals surface area contributed by atoms with E-state index in [9.17, 15) is 9.59 Å². The second-order valence-electron chi connectivity index (χ2n) is 6.09. The van der Waals surface area contributed by atoms with Crippen LogP contribution in [-0.4, -0.2) is 21.6 Å². The molecule has 0 atom stereocenters. The van der Waals surface area contributed by atoms with Crippen molar-refractivity contribution in [1.29, 1.82) is 0 Å². The first kappa shape index (κ1) is 17.4. The molecule has 0 unspecified atom stereocenters. The number of hydrogen-bond acceptors (Lipinski definition) is 3. The minimum Gasteiger partial charge on any atom is -0.308 e. The fourth-order valence-electron chi connectivity index (χ4n) is 2.72. The van der Waals surface area contributed by atoms with Gasteiger partial charge in [0, 0.05) is 35.7 Å². The monoisotopic (exact) mass is 348 g/mol. The molecule has 0 radical (unpaired) electrons. The molecule has 2 amide bonds. The SMILES string of the molecule is CC(=O)c1cccc(NC(=O)Nc2ccc(C)c(-c3ccnn3C)c2)c1. The van der Waals surface area contributed by atoms with Crippen molar-refractivity contribution in [3.05, 3.63) is 65.9 Å². The molecule has 0 saturated heterocycles. The van der Waals surface area contributed by atoms with E-state index >= 15 is 0 Å². The summed E-state index contributed by atoms with van der Waals surface area (Å²) in [5.41, 5.74) is 4.86. The van der Waals surface area contributed by atoms with Crippen LogP contribution in [0.15, 0.2) is 54.7 Å². The molecule has 3 rings (SSSR count). The van der Waals surface area contributed by atoms with Crippen LogP contribution in [0.5, 0.6) is 0 Å². The summed E-state index contributed by atoms with van der Waals surface area (Å²) in [4.78, 5) is 23.7. The Morgan fingerprint density at radius 1 is 1.00 bits per heavy atom. The van der Waals surface area contributed by atoms with E-state index in [0.29, 0.717) is 16.9 Å². The Morgan fingerprint density at radius 3 is 2.38 bits per heavy atom. The summed E-state index contributed by atoms with van der Waals surface area (Å²) >= 11 is 0. The topological polar surface area (TPSA) is 76.0 Å². The van der Waals surface area contributed by atoms with Crippen LogP contribution in [-0.2, 0) is 7.05 Å². The molecule has 0 fully saturated rings. The summed E-state index contributed by atoms with van der Waals surface area (Å²) in [6.45, 7) is 3.50. The van der Waals surface area contributed by atoms with Gasteiger partial charge in [-0.1, -0.05) is 18.2 Å². The molecule has 0 saturated carbocycles. The highest BCUT2D eigenvalue weighted by molar-refractivity contribution is 6.01. The molecular formula is C20H20N4O2. The minimum absolute atomic E-state index is 0.0478. The van der Waals surface area contributed by atoms with E-state index in [1.54, 1.807) is 35.1 Å². The minimum atomic E-state index is -0.370. The Labute approximate surface area is 151 Å². The molecule has 0 bridgehead atoms. The van der Waals surface area contributed by atoms with E-state index in [-0.39, 0.29) is 11.8 Å². The highest BCUT2D eigenvalue weighted by Gasteiger charge is 2.10. The summed E-state index contributed by atoms with van der Waals surface area (Å²) in [6, 6.07) is 14.1. The van der Waals surface area contributed by atoms with Crippen molar-refractivity contribution in [2.45, 2.75) is 13.8 Å². The van der Waals surface area contributed by atoms with Gasteiger partial charge in [-0.05, 0) is 49.7 Å². The number of nitrogens with zero attached hydrogens (tertiary/aromatic N) is 2. The third-order valence-electron chi connectivity index (χ3n) is 4.12. The number of aromatic nitrogens is 2. The van der Waals surface area contributed by atoms with Gasteiger partial charge in [0.1, 0.15) is 0 Å². The lowest BCUT2D eigenvalue weighted by atomic mass is 10.0. The lowest BCUT2D eigenvalue weighted by Crippen LogP contribution is -2.19. The first-order valence-corrected chi connectivity index (χ1v) is 8.22. The van der Waals surface area contributed by atoms with Crippen LogP contribution < -0.4 is 10.6 Å². The van der Waals surface area contributed by atoms with E-state index in [0.717, 1.165) is 16.8 Å². The third-order valence-corrected chi connectivity index (χ3v) is 4.12. The van der Waals surface area contributed by atoms with Gasteiger partial charge in [-0.2, -0.15) is 5.10 Å². The highest BCUT2D eigenvalue weighted by Crippen LogP contribution is 2.26. The van der Waals surface area contributed by atoms with E-state index in [1.165, 1.54) is 6.92 Å². The van der Waals surface area contributed by atoms with Crippen molar-refractivity contribution in [3.63, 3.8) is 0 Å². The fourth-order valence-corrected chi connectivity index (χ4v) is 2.72.